The number of carbonyl (C=O) groups is 1. The molecule has 0 aliphatic rings. The predicted octanol–water partition coefficient (Wildman–Crippen LogP) is 4.31. The molecule has 120 valence electrons. The summed E-state index contributed by atoms with van der Waals surface area (Å²) < 4.78 is 0. The molecule has 3 nitrogen and oxygen atoms in total. The molecular formula is C17H23ClN2OS. The van der Waals surface area contributed by atoms with Crippen LogP contribution in [-0.4, -0.2) is 17.6 Å². The number of amides is 1. The van der Waals surface area contributed by atoms with E-state index in [4.69, 9.17) is 23.8 Å². The number of halogens is 1. The number of hydrogen-bond acceptors (Lipinski definition) is 2. The number of carbonyl (C=O) groups excluding carboxylic acids is 1. The summed E-state index contributed by atoms with van der Waals surface area (Å²) in [6.45, 7) is 2.98. The fourth-order valence-corrected chi connectivity index (χ4v) is 2.31. The summed E-state index contributed by atoms with van der Waals surface area (Å²) in [5.41, 5.74) is 0.800. The van der Waals surface area contributed by atoms with Gasteiger partial charge in [0, 0.05) is 17.6 Å². The van der Waals surface area contributed by atoms with E-state index in [9.17, 15) is 4.79 Å². The molecule has 22 heavy (non-hydrogen) atoms. The van der Waals surface area contributed by atoms with Crippen LogP contribution in [0.15, 0.2) is 30.3 Å². The third-order valence-corrected chi connectivity index (χ3v) is 3.71. The van der Waals surface area contributed by atoms with Gasteiger partial charge in [0.1, 0.15) is 0 Å². The Bertz CT molecular complexity index is 517. The average Bonchev–Trinajstić information content (AvgIpc) is 2.50. The monoisotopic (exact) mass is 338 g/mol. The molecule has 1 aromatic rings. The second-order valence-corrected chi connectivity index (χ2v) is 5.83. The number of rotatable bonds is 8. The highest BCUT2D eigenvalue weighted by atomic mass is 35.5. The lowest BCUT2D eigenvalue weighted by molar-refractivity contribution is -0.115. The van der Waals surface area contributed by atoms with E-state index in [1.165, 1.54) is 31.8 Å². The predicted molar refractivity (Wildman–Crippen MR) is 98.0 cm³/mol. The minimum Gasteiger partial charge on any atom is -0.362 e. The van der Waals surface area contributed by atoms with Crippen molar-refractivity contribution in [2.24, 2.45) is 0 Å². The summed E-state index contributed by atoms with van der Waals surface area (Å²) in [6, 6.07) is 7.34. The lowest BCUT2D eigenvalue weighted by Crippen LogP contribution is -2.38. The van der Waals surface area contributed by atoms with E-state index in [1.807, 2.05) is 18.2 Å². The van der Waals surface area contributed by atoms with Crippen LogP contribution in [0.1, 0.15) is 44.6 Å². The Balaban J connectivity index is 2.24. The molecule has 0 saturated carbocycles. The first-order chi connectivity index (χ1) is 10.6. The van der Waals surface area contributed by atoms with E-state index in [-0.39, 0.29) is 5.91 Å². The van der Waals surface area contributed by atoms with Gasteiger partial charge in [-0.05, 0) is 36.3 Å². The zero-order valence-electron chi connectivity index (χ0n) is 12.9. The fraction of sp³-hybridized carbons (Fsp3) is 0.412. The highest BCUT2D eigenvalue weighted by Gasteiger charge is 2.01. The average molecular weight is 339 g/mol. The van der Waals surface area contributed by atoms with Crippen LogP contribution in [0.5, 0.6) is 0 Å². The number of benzene rings is 1. The van der Waals surface area contributed by atoms with Gasteiger partial charge in [-0.2, -0.15) is 0 Å². The van der Waals surface area contributed by atoms with E-state index < -0.39 is 0 Å². The molecule has 1 rings (SSSR count). The molecule has 0 unspecified atom stereocenters. The Morgan fingerprint density at radius 3 is 2.68 bits per heavy atom. The maximum Gasteiger partial charge on any atom is 0.250 e. The number of unbranched alkanes of at least 4 members (excludes halogenated alkanes) is 4. The highest BCUT2D eigenvalue weighted by molar-refractivity contribution is 7.80. The number of nitrogens with one attached hydrogen (secondary N) is 2. The summed E-state index contributed by atoms with van der Waals surface area (Å²) in [5, 5.41) is 6.64. The first-order valence-corrected chi connectivity index (χ1v) is 8.43. The van der Waals surface area contributed by atoms with Crippen molar-refractivity contribution in [1.29, 1.82) is 0 Å². The van der Waals surface area contributed by atoms with Gasteiger partial charge < -0.3 is 5.32 Å². The van der Waals surface area contributed by atoms with Crippen LogP contribution in [0.25, 0.3) is 6.08 Å². The maximum absolute atomic E-state index is 11.7. The normalized spacial score (nSPS) is 10.6. The Hall–Kier alpha value is -1.39. The summed E-state index contributed by atoms with van der Waals surface area (Å²) in [6.07, 6.45) is 9.10. The van der Waals surface area contributed by atoms with Crippen LogP contribution >= 0.6 is 23.8 Å². The molecular weight excluding hydrogens is 316 g/mol. The first kappa shape index (κ1) is 18.7. The van der Waals surface area contributed by atoms with Crippen molar-refractivity contribution in [3.63, 3.8) is 0 Å². The molecule has 2 N–H and O–H groups in total. The van der Waals surface area contributed by atoms with E-state index in [1.54, 1.807) is 12.1 Å². The van der Waals surface area contributed by atoms with E-state index in [0.29, 0.717) is 10.1 Å². The zero-order chi connectivity index (χ0) is 16.2. The second kappa shape index (κ2) is 11.2. The van der Waals surface area contributed by atoms with Crippen molar-refractivity contribution in [2.75, 3.05) is 6.54 Å². The molecule has 1 aromatic carbocycles. The van der Waals surface area contributed by atoms with Gasteiger partial charge in [-0.25, -0.2) is 0 Å². The molecule has 0 aromatic heterocycles. The van der Waals surface area contributed by atoms with Crippen molar-refractivity contribution in [2.45, 2.75) is 39.0 Å². The third kappa shape index (κ3) is 8.15. The van der Waals surface area contributed by atoms with Crippen LogP contribution in [0.4, 0.5) is 0 Å². The van der Waals surface area contributed by atoms with Gasteiger partial charge in [0.2, 0.25) is 5.91 Å². The van der Waals surface area contributed by atoms with E-state index >= 15 is 0 Å². The Kier molecular flexibility index (Phi) is 9.51. The Morgan fingerprint density at radius 1 is 1.23 bits per heavy atom. The van der Waals surface area contributed by atoms with Crippen LogP contribution < -0.4 is 10.6 Å². The van der Waals surface area contributed by atoms with E-state index in [2.05, 4.69) is 17.6 Å². The quantitative estimate of drug-likeness (QED) is 0.421. The van der Waals surface area contributed by atoms with Gasteiger partial charge in [0.05, 0.1) is 0 Å². The largest absolute Gasteiger partial charge is 0.362 e. The molecule has 0 aliphatic heterocycles. The smallest absolute Gasteiger partial charge is 0.250 e. The molecule has 0 spiro atoms. The molecule has 0 radical (unpaired) electrons. The summed E-state index contributed by atoms with van der Waals surface area (Å²) in [7, 11) is 0. The van der Waals surface area contributed by atoms with Gasteiger partial charge in [-0.1, -0.05) is 62.4 Å². The van der Waals surface area contributed by atoms with Crippen molar-refractivity contribution in [3.05, 3.63) is 40.9 Å². The first-order valence-electron chi connectivity index (χ1n) is 7.65. The standard InChI is InChI=1S/C17H23ClN2OS/c1-2-3-4-5-8-13-19-17(22)20-16(21)12-11-14-9-6-7-10-15(14)18/h6-7,9-12H,2-5,8,13H2,1H3,(H2,19,20,21,22)/b12-11+. The Labute approximate surface area is 143 Å². The highest BCUT2D eigenvalue weighted by Crippen LogP contribution is 2.15. The summed E-state index contributed by atoms with van der Waals surface area (Å²) >= 11 is 11.1. The Morgan fingerprint density at radius 2 is 1.95 bits per heavy atom. The summed E-state index contributed by atoms with van der Waals surface area (Å²) in [4.78, 5) is 11.7. The topological polar surface area (TPSA) is 41.1 Å². The maximum atomic E-state index is 11.7. The van der Waals surface area contributed by atoms with Crippen molar-refractivity contribution in [1.82, 2.24) is 10.6 Å². The molecule has 0 saturated heterocycles. The van der Waals surface area contributed by atoms with Crippen molar-refractivity contribution < 1.29 is 4.79 Å². The number of thiocarbonyl (C=S) groups is 1. The second-order valence-electron chi connectivity index (χ2n) is 5.01. The van der Waals surface area contributed by atoms with Crippen molar-refractivity contribution in [3.8, 4) is 0 Å². The van der Waals surface area contributed by atoms with Gasteiger partial charge in [0.25, 0.3) is 0 Å². The zero-order valence-corrected chi connectivity index (χ0v) is 14.5. The van der Waals surface area contributed by atoms with Gasteiger partial charge >= 0.3 is 0 Å². The molecule has 1 amide bonds. The fourth-order valence-electron chi connectivity index (χ4n) is 1.90. The van der Waals surface area contributed by atoms with Gasteiger partial charge in [0.15, 0.2) is 5.11 Å². The lowest BCUT2D eigenvalue weighted by atomic mass is 10.1. The third-order valence-electron chi connectivity index (χ3n) is 3.12. The molecule has 0 bridgehead atoms. The molecule has 0 fully saturated rings. The minimum atomic E-state index is -0.261. The SMILES string of the molecule is CCCCCCCNC(=S)NC(=O)/C=C/c1ccccc1Cl. The van der Waals surface area contributed by atoms with Crippen LogP contribution in [-0.2, 0) is 4.79 Å². The lowest BCUT2D eigenvalue weighted by Gasteiger charge is -2.07. The van der Waals surface area contributed by atoms with E-state index in [0.717, 1.165) is 18.5 Å². The van der Waals surface area contributed by atoms with Crippen LogP contribution in [0.2, 0.25) is 5.02 Å². The molecule has 0 atom stereocenters. The van der Waals surface area contributed by atoms with Crippen LogP contribution in [0, 0.1) is 0 Å². The van der Waals surface area contributed by atoms with Gasteiger partial charge in [-0.3, -0.25) is 10.1 Å². The van der Waals surface area contributed by atoms with Crippen molar-refractivity contribution >= 4 is 40.9 Å². The van der Waals surface area contributed by atoms with Gasteiger partial charge in [-0.15, -0.1) is 0 Å². The molecule has 5 heteroatoms. The van der Waals surface area contributed by atoms with Crippen LogP contribution in [0.3, 0.4) is 0 Å². The summed E-state index contributed by atoms with van der Waals surface area (Å²) in [5.74, 6) is -0.261. The molecule has 0 heterocycles. The minimum absolute atomic E-state index is 0.261. The number of hydrogen-bond donors (Lipinski definition) is 2. The molecule has 0 aliphatic carbocycles.